The van der Waals surface area contributed by atoms with E-state index in [1.54, 1.807) is 0 Å². The molecule has 1 aliphatic heterocycles. The smallest absolute Gasteiger partial charge is 0.0619 e. The number of nitrogens with zero attached hydrogens (tertiary/aromatic N) is 2. The van der Waals surface area contributed by atoms with E-state index in [0.717, 1.165) is 12.8 Å². The minimum Gasteiger partial charge on any atom is -0.332 e. The number of hydrogen-bond acceptors (Lipinski definition) is 3. The second-order valence-corrected chi connectivity index (χ2v) is 16.1. The molecule has 8 aromatic rings. The van der Waals surface area contributed by atoms with Crippen LogP contribution in [0.2, 0.25) is 0 Å². The third-order valence-electron chi connectivity index (χ3n) is 11.0. The van der Waals surface area contributed by atoms with Gasteiger partial charge in [0.1, 0.15) is 0 Å². The van der Waals surface area contributed by atoms with Crippen molar-refractivity contribution in [2.24, 2.45) is 0 Å². The molecule has 2 aromatic heterocycles. The number of para-hydroxylation sites is 2. The van der Waals surface area contributed by atoms with Crippen LogP contribution in [0.1, 0.15) is 29.9 Å². The highest BCUT2D eigenvalue weighted by Crippen LogP contribution is 2.57. The Bertz CT molecular complexity index is 2790. The van der Waals surface area contributed by atoms with Crippen molar-refractivity contribution < 1.29 is 0 Å². The van der Waals surface area contributed by atoms with E-state index in [1.165, 1.54) is 85.5 Å². The molecule has 0 saturated heterocycles. The van der Waals surface area contributed by atoms with Gasteiger partial charge in [0.2, 0.25) is 0 Å². The second kappa shape index (κ2) is 12.0. The predicted octanol–water partition coefficient (Wildman–Crippen LogP) is 13.7. The van der Waals surface area contributed by atoms with Crippen molar-refractivity contribution in [1.29, 1.82) is 0 Å². The number of benzene rings is 6. The van der Waals surface area contributed by atoms with Crippen LogP contribution in [0.4, 0.5) is 11.4 Å². The zero-order valence-electron chi connectivity index (χ0n) is 28.4. The van der Waals surface area contributed by atoms with Gasteiger partial charge in [0.05, 0.1) is 33.1 Å². The zero-order chi connectivity index (χ0) is 34.2. The Morgan fingerprint density at radius 2 is 1.40 bits per heavy atom. The first-order valence-electron chi connectivity index (χ1n) is 18.1. The van der Waals surface area contributed by atoms with E-state index in [-0.39, 0.29) is 6.04 Å². The predicted molar refractivity (Wildman–Crippen MR) is 225 cm³/mol. The van der Waals surface area contributed by atoms with E-state index in [4.69, 9.17) is 0 Å². The summed E-state index contributed by atoms with van der Waals surface area (Å²) in [5, 5.41) is 5.18. The minimum absolute atomic E-state index is 0.135. The highest BCUT2D eigenvalue weighted by atomic mass is 32.2. The molecule has 52 heavy (non-hydrogen) atoms. The molecular formula is C48H34N2S2. The van der Waals surface area contributed by atoms with Crippen molar-refractivity contribution >= 4 is 82.0 Å². The van der Waals surface area contributed by atoms with Crippen molar-refractivity contribution in [3.05, 3.63) is 186 Å². The Hall–Kier alpha value is -5.55. The summed E-state index contributed by atoms with van der Waals surface area (Å²) in [5.74, 6) is 0.437. The highest BCUT2D eigenvalue weighted by Gasteiger charge is 2.34. The van der Waals surface area contributed by atoms with E-state index in [9.17, 15) is 0 Å². The topological polar surface area (TPSA) is 8.17 Å². The molecule has 2 nitrogen and oxygen atoms in total. The van der Waals surface area contributed by atoms with Gasteiger partial charge >= 0.3 is 0 Å². The summed E-state index contributed by atoms with van der Waals surface area (Å²) in [6.45, 7) is 0. The molecule has 248 valence electrons. The molecule has 4 heteroatoms. The molecule has 0 fully saturated rings. The molecular weight excluding hydrogens is 669 g/mol. The molecule has 2 unspecified atom stereocenters. The maximum atomic E-state index is 2.68. The Morgan fingerprint density at radius 1 is 0.654 bits per heavy atom. The summed E-state index contributed by atoms with van der Waals surface area (Å²) in [7, 11) is 0. The maximum absolute atomic E-state index is 2.68. The van der Waals surface area contributed by atoms with Gasteiger partial charge in [0, 0.05) is 42.7 Å². The van der Waals surface area contributed by atoms with Gasteiger partial charge in [-0.25, -0.2) is 0 Å². The van der Waals surface area contributed by atoms with Gasteiger partial charge < -0.3 is 9.47 Å². The lowest BCUT2D eigenvalue weighted by molar-refractivity contribution is 0.777. The van der Waals surface area contributed by atoms with E-state index in [1.807, 2.05) is 23.1 Å². The lowest BCUT2D eigenvalue weighted by Crippen LogP contribution is -2.30. The summed E-state index contributed by atoms with van der Waals surface area (Å²) in [6, 6.07) is 49.5. The lowest BCUT2D eigenvalue weighted by Gasteiger charge is -2.35. The first kappa shape index (κ1) is 30.1. The largest absolute Gasteiger partial charge is 0.332 e. The summed E-state index contributed by atoms with van der Waals surface area (Å²) in [6.07, 6.45) is 16.1. The summed E-state index contributed by atoms with van der Waals surface area (Å²) in [5.41, 5.74) is 10.2. The normalized spacial score (nSPS) is 17.8. The third-order valence-corrected chi connectivity index (χ3v) is 13.6. The van der Waals surface area contributed by atoms with Crippen molar-refractivity contribution in [3.63, 3.8) is 0 Å². The number of rotatable bonds is 5. The molecule has 0 N–H and O–H groups in total. The van der Waals surface area contributed by atoms with Crippen molar-refractivity contribution in [2.45, 2.75) is 29.7 Å². The monoisotopic (exact) mass is 702 g/mol. The molecule has 0 bridgehead atoms. The number of allylic oxidation sites excluding steroid dienone is 6. The SMILES string of the molecule is C1=CCC2C(=C1)Sc1c2cccc1N(c1cc(-n2c3ccccc3c3ccccc32)cc2c1sc1ccccc12)C1C=CC(c2ccccc2)=CC1. The number of anilines is 2. The number of fused-ring (bicyclic) bond motifs is 9. The fraction of sp³-hybridized carbons (Fsp3) is 0.0833. The van der Waals surface area contributed by atoms with E-state index in [0.29, 0.717) is 5.92 Å². The molecule has 0 saturated carbocycles. The Kier molecular flexibility index (Phi) is 6.96. The standard InChI is InChI=1S/C48H34N2S2/c1-2-13-31(14-3-1)32-25-27-33(28-26-32)49(43-22-12-19-39-37-17-6-10-23-45(37)51-47(39)43)44-30-34(29-40-38-18-7-11-24-46(38)52-48(40)44)50-41-20-8-4-15-35(41)36-16-5-9-21-42(36)50/h1-16,18-27,29-30,33,37H,17,28H2. The molecule has 11 rings (SSSR count). The molecule has 6 aromatic carbocycles. The van der Waals surface area contributed by atoms with Gasteiger partial charge in [0.15, 0.2) is 0 Å². The van der Waals surface area contributed by atoms with Gasteiger partial charge in [0.25, 0.3) is 0 Å². The Balaban J connectivity index is 1.19. The molecule has 3 aliphatic rings. The van der Waals surface area contributed by atoms with Crippen LogP contribution < -0.4 is 4.90 Å². The molecule has 2 aliphatic carbocycles. The van der Waals surface area contributed by atoms with Gasteiger partial charge in [-0.2, -0.15) is 0 Å². The first-order chi connectivity index (χ1) is 25.8. The zero-order valence-corrected chi connectivity index (χ0v) is 30.1. The van der Waals surface area contributed by atoms with Gasteiger partial charge in [-0.1, -0.05) is 145 Å². The summed E-state index contributed by atoms with van der Waals surface area (Å²) < 4.78 is 5.13. The van der Waals surface area contributed by atoms with Crippen molar-refractivity contribution in [3.8, 4) is 5.69 Å². The quantitative estimate of drug-likeness (QED) is 0.176. The van der Waals surface area contributed by atoms with Crippen LogP contribution in [0.3, 0.4) is 0 Å². The Labute approximate surface area is 311 Å². The molecule has 0 amide bonds. The number of thioether (sulfide) groups is 1. The van der Waals surface area contributed by atoms with Crippen molar-refractivity contribution in [2.75, 3.05) is 4.90 Å². The number of hydrogen-bond donors (Lipinski definition) is 0. The van der Waals surface area contributed by atoms with E-state index < -0.39 is 0 Å². The fourth-order valence-corrected chi connectivity index (χ4v) is 11.2. The second-order valence-electron chi connectivity index (χ2n) is 14.0. The maximum Gasteiger partial charge on any atom is 0.0619 e. The van der Waals surface area contributed by atoms with Crippen LogP contribution in [0.15, 0.2) is 180 Å². The molecule has 0 spiro atoms. The van der Waals surface area contributed by atoms with Crippen LogP contribution in [-0.2, 0) is 0 Å². The number of aromatic nitrogens is 1. The van der Waals surface area contributed by atoms with Crippen LogP contribution in [0, 0.1) is 0 Å². The molecule has 2 atom stereocenters. The molecule has 0 radical (unpaired) electrons. The van der Waals surface area contributed by atoms with Crippen LogP contribution in [0.5, 0.6) is 0 Å². The van der Waals surface area contributed by atoms with E-state index in [2.05, 4.69) is 179 Å². The first-order valence-corrected chi connectivity index (χ1v) is 19.8. The Morgan fingerprint density at radius 3 is 2.19 bits per heavy atom. The average molecular weight is 703 g/mol. The minimum atomic E-state index is 0.135. The van der Waals surface area contributed by atoms with Crippen LogP contribution in [-0.4, -0.2) is 10.6 Å². The lowest BCUT2D eigenvalue weighted by atomic mass is 9.91. The van der Waals surface area contributed by atoms with Crippen LogP contribution >= 0.6 is 23.1 Å². The van der Waals surface area contributed by atoms with Gasteiger partial charge in [-0.3, -0.25) is 0 Å². The van der Waals surface area contributed by atoms with Crippen molar-refractivity contribution in [1.82, 2.24) is 4.57 Å². The highest BCUT2D eigenvalue weighted by molar-refractivity contribution is 8.03. The van der Waals surface area contributed by atoms with Crippen LogP contribution in [0.25, 0.3) is 53.2 Å². The third kappa shape index (κ3) is 4.64. The van der Waals surface area contributed by atoms with Gasteiger partial charge in [-0.05, 0) is 70.8 Å². The molecule has 3 heterocycles. The van der Waals surface area contributed by atoms with Gasteiger partial charge in [-0.15, -0.1) is 11.3 Å². The summed E-state index contributed by atoms with van der Waals surface area (Å²) >= 11 is 3.89. The average Bonchev–Trinajstić information content (AvgIpc) is 3.89. The van der Waals surface area contributed by atoms with E-state index >= 15 is 0 Å². The number of thiophene rings is 1. The summed E-state index contributed by atoms with van der Waals surface area (Å²) in [4.78, 5) is 5.53. The fourth-order valence-electron chi connectivity index (χ4n) is 8.67.